The van der Waals surface area contributed by atoms with Crippen LogP contribution in [0.1, 0.15) is 29.6 Å². The third-order valence-corrected chi connectivity index (χ3v) is 4.82. The number of ether oxygens (including phenoxy) is 2. The summed E-state index contributed by atoms with van der Waals surface area (Å²) in [5.74, 6) is 0.584. The molecule has 0 spiro atoms. The van der Waals surface area contributed by atoms with Crippen LogP contribution < -0.4 is 19.7 Å². The molecule has 0 aromatic heterocycles. The number of piperidine rings is 1. The van der Waals surface area contributed by atoms with Crippen LogP contribution >= 0.6 is 11.6 Å². The Labute approximate surface area is 158 Å². The van der Waals surface area contributed by atoms with E-state index in [1.165, 1.54) is 39.2 Å². The predicted molar refractivity (Wildman–Crippen MR) is 105 cm³/mol. The van der Waals surface area contributed by atoms with Gasteiger partial charge in [-0.05, 0) is 55.7 Å². The topological polar surface area (TPSA) is 50.8 Å². The Morgan fingerprint density at radius 3 is 2.35 bits per heavy atom. The summed E-state index contributed by atoms with van der Waals surface area (Å²) in [4.78, 5) is 14.9. The lowest BCUT2D eigenvalue weighted by molar-refractivity contribution is 0.102. The van der Waals surface area contributed by atoms with Gasteiger partial charge in [-0.15, -0.1) is 0 Å². The summed E-state index contributed by atoms with van der Waals surface area (Å²) in [6.07, 6.45) is 3.77. The molecule has 0 atom stereocenters. The zero-order chi connectivity index (χ0) is 18.5. The summed E-state index contributed by atoms with van der Waals surface area (Å²) in [5.41, 5.74) is 2.34. The highest BCUT2D eigenvalue weighted by molar-refractivity contribution is 6.32. The second kappa shape index (κ2) is 8.32. The smallest absolute Gasteiger partial charge is 0.255 e. The number of carbonyl (C=O) groups excluding carboxylic acids is 1. The molecule has 1 heterocycles. The van der Waals surface area contributed by atoms with E-state index in [-0.39, 0.29) is 5.91 Å². The molecule has 1 amide bonds. The van der Waals surface area contributed by atoms with Gasteiger partial charge in [-0.25, -0.2) is 0 Å². The van der Waals surface area contributed by atoms with Crippen LogP contribution in [-0.4, -0.2) is 33.2 Å². The first-order chi connectivity index (χ1) is 12.6. The quantitative estimate of drug-likeness (QED) is 0.830. The van der Waals surface area contributed by atoms with Crippen molar-refractivity contribution in [1.29, 1.82) is 0 Å². The summed E-state index contributed by atoms with van der Waals surface area (Å²) in [7, 11) is 3.02. The van der Waals surface area contributed by atoms with Crippen molar-refractivity contribution in [3.63, 3.8) is 0 Å². The number of benzene rings is 2. The Hall–Kier alpha value is -2.40. The molecule has 0 bridgehead atoms. The van der Waals surface area contributed by atoms with Crippen LogP contribution in [0.2, 0.25) is 5.02 Å². The molecule has 26 heavy (non-hydrogen) atoms. The van der Waals surface area contributed by atoms with Crippen molar-refractivity contribution >= 4 is 28.9 Å². The number of amides is 1. The number of methoxy groups -OCH3 is 2. The first-order valence-electron chi connectivity index (χ1n) is 8.70. The van der Waals surface area contributed by atoms with E-state index < -0.39 is 0 Å². The fourth-order valence-corrected chi connectivity index (χ4v) is 3.45. The van der Waals surface area contributed by atoms with Crippen molar-refractivity contribution in [2.45, 2.75) is 19.3 Å². The minimum absolute atomic E-state index is 0.251. The molecular formula is C20H23ClN2O3. The maximum atomic E-state index is 12.5. The van der Waals surface area contributed by atoms with Gasteiger partial charge in [0.2, 0.25) is 0 Å². The SMILES string of the molecule is COc1cc(C(=O)Nc2ccc(N3CCCCC3)cc2)cc(Cl)c1OC. The second-order valence-corrected chi connectivity index (χ2v) is 6.65. The lowest BCUT2D eigenvalue weighted by atomic mass is 10.1. The summed E-state index contributed by atoms with van der Waals surface area (Å²) >= 11 is 6.18. The number of hydrogen-bond donors (Lipinski definition) is 1. The van der Waals surface area contributed by atoms with E-state index in [2.05, 4.69) is 10.2 Å². The first kappa shape index (κ1) is 18.4. The van der Waals surface area contributed by atoms with E-state index in [4.69, 9.17) is 21.1 Å². The summed E-state index contributed by atoms with van der Waals surface area (Å²) < 4.78 is 10.4. The van der Waals surface area contributed by atoms with E-state index in [1.54, 1.807) is 12.1 Å². The number of anilines is 2. The molecule has 2 aromatic carbocycles. The lowest BCUT2D eigenvalue weighted by Gasteiger charge is -2.28. The largest absolute Gasteiger partial charge is 0.493 e. The van der Waals surface area contributed by atoms with Gasteiger partial charge >= 0.3 is 0 Å². The van der Waals surface area contributed by atoms with Gasteiger partial charge in [0.1, 0.15) is 0 Å². The fraction of sp³-hybridized carbons (Fsp3) is 0.350. The molecule has 0 saturated carbocycles. The maximum Gasteiger partial charge on any atom is 0.255 e. The Balaban J connectivity index is 1.72. The fourth-order valence-electron chi connectivity index (χ4n) is 3.16. The number of nitrogens with zero attached hydrogens (tertiary/aromatic N) is 1. The summed E-state index contributed by atoms with van der Waals surface area (Å²) in [6.45, 7) is 2.19. The highest BCUT2D eigenvalue weighted by Gasteiger charge is 2.16. The van der Waals surface area contributed by atoms with Gasteiger partial charge in [0.15, 0.2) is 11.5 Å². The average molecular weight is 375 g/mol. The van der Waals surface area contributed by atoms with Crippen molar-refractivity contribution in [3.8, 4) is 11.5 Å². The monoisotopic (exact) mass is 374 g/mol. The van der Waals surface area contributed by atoms with Crippen LogP contribution in [0.25, 0.3) is 0 Å². The van der Waals surface area contributed by atoms with Crippen LogP contribution in [0.5, 0.6) is 11.5 Å². The van der Waals surface area contributed by atoms with Crippen LogP contribution in [0.15, 0.2) is 36.4 Å². The van der Waals surface area contributed by atoms with Crippen LogP contribution in [0, 0.1) is 0 Å². The first-order valence-corrected chi connectivity index (χ1v) is 9.08. The number of carbonyl (C=O) groups is 1. The van der Waals surface area contributed by atoms with Crippen LogP contribution in [0.4, 0.5) is 11.4 Å². The van der Waals surface area contributed by atoms with E-state index in [1.807, 2.05) is 24.3 Å². The van der Waals surface area contributed by atoms with Gasteiger partial charge in [-0.2, -0.15) is 0 Å². The zero-order valence-corrected chi connectivity index (χ0v) is 15.8. The van der Waals surface area contributed by atoms with E-state index >= 15 is 0 Å². The highest BCUT2D eigenvalue weighted by Crippen LogP contribution is 2.36. The predicted octanol–water partition coefficient (Wildman–Crippen LogP) is 4.60. The molecule has 2 aromatic rings. The molecule has 1 fully saturated rings. The van der Waals surface area contributed by atoms with Crippen molar-refractivity contribution in [1.82, 2.24) is 0 Å². The highest BCUT2D eigenvalue weighted by atomic mass is 35.5. The third-order valence-electron chi connectivity index (χ3n) is 4.54. The van der Waals surface area contributed by atoms with Gasteiger partial charge < -0.3 is 19.7 Å². The summed E-state index contributed by atoms with van der Waals surface area (Å²) in [5, 5.41) is 3.22. The van der Waals surface area contributed by atoms with Gasteiger partial charge in [0.25, 0.3) is 5.91 Å². The molecule has 5 nitrogen and oxygen atoms in total. The maximum absolute atomic E-state index is 12.5. The standard InChI is InChI=1S/C20H23ClN2O3/c1-25-18-13-14(12-17(21)19(18)26-2)20(24)22-15-6-8-16(9-7-15)23-10-4-3-5-11-23/h6-9,12-13H,3-5,10-11H2,1-2H3,(H,22,24). The van der Waals surface area contributed by atoms with Gasteiger partial charge in [-0.1, -0.05) is 11.6 Å². The summed E-state index contributed by atoms with van der Waals surface area (Å²) in [6, 6.07) is 11.1. The van der Waals surface area contributed by atoms with Crippen molar-refractivity contribution in [2.24, 2.45) is 0 Å². The van der Waals surface area contributed by atoms with Gasteiger partial charge in [-0.3, -0.25) is 4.79 Å². The van der Waals surface area contributed by atoms with Gasteiger partial charge in [0, 0.05) is 30.0 Å². The van der Waals surface area contributed by atoms with E-state index in [9.17, 15) is 4.79 Å². The van der Waals surface area contributed by atoms with Gasteiger partial charge in [0.05, 0.1) is 19.2 Å². The number of hydrogen-bond acceptors (Lipinski definition) is 4. The minimum atomic E-state index is -0.251. The number of nitrogens with one attached hydrogen (secondary N) is 1. The Kier molecular flexibility index (Phi) is 5.89. The van der Waals surface area contributed by atoms with Crippen molar-refractivity contribution in [2.75, 3.05) is 37.5 Å². The molecule has 0 aliphatic carbocycles. The van der Waals surface area contributed by atoms with E-state index in [0.29, 0.717) is 22.1 Å². The minimum Gasteiger partial charge on any atom is -0.493 e. The van der Waals surface area contributed by atoms with Crippen molar-refractivity contribution < 1.29 is 14.3 Å². The van der Waals surface area contributed by atoms with E-state index in [0.717, 1.165) is 18.8 Å². The molecule has 6 heteroatoms. The molecule has 1 N–H and O–H groups in total. The Bertz CT molecular complexity index is 771. The third kappa shape index (κ3) is 4.05. The molecule has 1 saturated heterocycles. The number of rotatable bonds is 5. The Morgan fingerprint density at radius 1 is 1.04 bits per heavy atom. The molecule has 1 aliphatic rings. The molecule has 3 rings (SSSR count). The molecule has 0 radical (unpaired) electrons. The average Bonchev–Trinajstić information content (AvgIpc) is 2.68. The van der Waals surface area contributed by atoms with Crippen molar-refractivity contribution in [3.05, 3.63) is 47.0 Å². The molecule has 138 valence electrons. The zero-order valence-electron chi connectivity index (χ0n) is 15.0. The van der Waals surface area contributed by atoms with Crippen LogP contribution in [0.3, 0.4) is 0 Å². The normalized spacial score (nSPS) is 14.0. The molecular weight excluding hydrogens is 352 g/mol. The second-order valence-electron chi connectivity index (χ2n) is 6.24. The van der Waals surface area contributed by atoms with Crippen LogP contribution in [-0.2, 0) is 0 Å². The number of halogens is 1. The lowest BCUT2D eigenvalue weighted by Crippen LogP contribution is -2.29. The Morgan fingerprint density at radius 2 is 1.73 bits per heavy atom. The molecule has 1 aliphatic heterocycles. The molecule has 0 unspecified atom stereocenters.